The van der Waals surface area contributed by atoms with Crippen molar-refractivity contribution in [2.75, 3.05) is 5.32 Å². The van der Waals surface area contributed by atoms with E-state index in [9.17, 15) is 4.79 Å². The molecule has 1 aromatic carbocycles. The lowest BCUT2D eigenvalue weighted by Gasteiger charge is -2.20. The molecule has 1 N–H and O–H groups in total. The summed E-state index contributed by atoms with van der Waals surface area (Å²) in [5, 5.41) is 20.1. The van der Waals surface area contributed by atoms with Gasteiger partial charge in [0.25, 0.3) is 0 Å². The number of nitrogens with one attached hydrogen (secondary N) is 1. The molecule has 0 bridgehead atoms. The molecule has 0 atom stereocenters. The van der Waals surface area contributed by atoms with Crippen molar-refractivity contribution in [3.05, 3.63) is 29.3 Å². The Morgan fingerprint density at radius 3 is 2.50 bits per heavy atom. The minimum atomic E-state index is -0.405. The number of rotatable bonds is 2. The van der Waals surface area contributed by atoms with E-state index in [0.717, 1.165) is 5.56 Å². The van der Waals surface area contributed by atoms with Crippen molar-refractivity contribution in [3.8, 4) is 12.1 Å². The van der Waals surface area contributed by atoms with E-state index in [-0.39, 0.29) is 11.8 Å². The van der Waals surface area contributed by atoms with Crippen LogP contribution >= 0.6 is 0 Å². The van der Waals surface area contributed by atoms with Crippen molar-refractivity contribution in [2.24, 2.45) is 0 Å². The second-order valence-corrected chi connectivity index (χ2v) is 5.01. The van der Waals surface area contributed by atoms with Gasteiger partial charge in [0, 0.05) is 0 Å². The van der Waals surface area contributed by atoms with Crippen LogP contribution in [0.3, 0.4) is 0 Å². The van der Waals surface area contributed by atoms with Gasteiger partial charge in [0.1, 0.15) is 12.5 Å². The normalized spacial score (nSPS) is 10.3. The lowest BCUT2D eigenvalue weighted by molar-refractivity contribution is -0.115. The number of anilines is 1. The van der Waals surface area contributed by atoms with Gasteiger partial charge in [0.05, 0.1) is 17.3 Å². The van der Waals surface area contributed by atoms with Gasteiger partial charge in [-0.25, -0.2) is 0 Å². The minimum absolute atomic E-state index is 0.0548. The van der Waals surface area contributed by atoms with Crippen LogP contribution in [0, 0.1) is 22.7 Å². The highest BCUT2D eigenvalue weighted by molar-refractivity contribution is 5.93. The van der Waals surface area contributed by atoms with Gasteiger partial charge in [-0.1, -0.05) is 26.8 Å². The van der Waals surface area contributed by atoms with E-state index in [1.807, 2.05) is 6.07 Å². The van der Waals surface area contributed by atoms with Crippen molar-refractivity contribution in [2.45, 2.75) is 32.6 Å². The van der Waals surface area contributed by atoms with Crippen LogP contribution in [-0.2, 0) is 10.2 Å². The van der Waals surface area contributed by atoms with Crippen molar-refractivity contribution in [1.29, 1.82) is 10.5 Å². The molecule has 18 heavy (non-hydrogen) atoms. The second-order valence-electron chi connectivity index (χ2n) is 5.01. The Morgan fingerprint density at radius 1 is 1.33 bits per heavy atom. The molecule has 0 aliphatic heterocycles. The zero-order valence-corrected chi connectivity index (χ0v) is 10.7. The zero-order chi connectivity index (χ0) is 13.8. The average Bonchev–Trinajstić information content (AvgIpc) is 2.28. The lowest BCUT2D eigenvalue weighted by Crippen LogP contribution is -2.14. The number of carbonyl (C=O) groups excluding carboxylic acids is 1. The van der Waals surface area contributed by atoms with Gasteiger partial charge in [0.15, 0.2) is 0 Å². The third-order valence-electron chi connectivity index (χ3n) is 2.52. The predicted octanol–water partition coefficient (Wildman–Crippen LogP) is 2.71. The molecule has 4 heteroatoms. The molecule has 92 valence electrons. The standard InChI is InChI=1S/C14H15N3O/c1-14(2,3)11-4-5-12(10(8-11)9-16)17-13(18)6-7-15/h4-5,8H,6H2,1-3H3,(H,17,18). The van der Waals surface area contributed by atoms with Gasteiger partial charge in [0.2, 0.25) is 5.91 Å². The number of benzene rings is 1. The van der Waals surface area contributed by atoms with E-state index in [0.29, 0.717) is 11.3 Å². The highest BCUT2D eigenvalue weighted by Gasteiger charge is 2.16. The number of nitriles is 2. The Hall–Kier alpha value is -2.33. The van der Waals surface area contributed by atoms with Crippen LogP contribution in [0.15, 0.2) is 18.2 Å². The zero-order valence-electron chi connectivity index (χ0n) is 10.7. The first-order valence-electron chi connectivity index (χ1n) is 5.60. The predicted molar refractivity (Wildman–Crippen MR) is 68.7 cm³/mol. The molecule has 1 aromatic rings. The summed E-state index contributed by atoms with van der Waals surface area (Å²) in [4.78, 5) is 11.3. The Bertz CT molecular complexity index is 542. The molecule has 0 heterocycles. The maximum atomic E-state index is 11.3. The summed E-state index contributed by atoms with van der Waals surface area (Å²) in [6, 6.07) is 9.17. The fourth-order valence-electron chi connectivity index (χ4n) is 1.48. The fraction of sp³-hybridized carbons (Fsp3) is 0.357. The van der Waals surface area contributed by atoms with Crippen LogP contribution in [0.25, 0.3) is 0 Å². The van der Waals surface area contributed by atoms with Gasteiger partial charge in [-0.05, 0) is 23.1 Å². The van der Waals surface area contributed by atoms with Crippen LogP contribution in [-0.4, -0.2) is 5.91 Å². The van der Waals surface area contributed by atoms with Crippen LogP contribution < -0.4 is 5.32 Å². The van der Waals surface area contributed by atoms with Crippen molar-refractivity contribution in [1.82, 2.24) is 0 Å². The molecule has 0 saturated heterocycles. The van der Waals surface area contributed by atoms with E-state index in [1.165, 1.54) is 0 Å². The lowest BCUT2D eigenvalue weighted by atomic mass is 9.86. The van der Waals surface area contributed by atoms with E-state index >= 15 is 0 Å². The average molecular weight is 241 g/mol. The first kappa shape index (κ1) is 13.7. The quantitative estimate of drug-likeness (QED) is 0.864. The first-order chi connectivity index (χ1) is 8.38. The molecule has 1 rings (SSSR count). The Kier molecular flexibility index (Phi) is 4.07. The molecule has 0 aliphatic carbocycles. The summed E-state index contributed by atoms with van der Waals surface area (Å²) in [7, 11) is 0. The molecule has 4 nitrogen and oxygen atoms in total. The smallest absolute Gasteiger partial charge is 0.238 e. The fourth-order valence-corrected chi connectivity index (χ4v) is 1.48. The van der Waals surface area contributed by atoms with Crippen LogP contribution in [0.1, 0.15) is 38.3 Å². The van der Waals surface area contributed by atoms with Crippen LogP contribution in [0.4, 0.5) is 5.69 Å². The molecular weight excluding hydrogens is 226 g/mol. The summed E-state index contributed by atoms with van der Waals surface area (Å²) in [6.45, 7) is 6.16. The molecule has 1 amide bonds. The third-order valence-corrected chi connectivity index (χ3v) is 2.52. The summed E-state index contributed by atoms with van der Waals surface area (Å²) in [5.41, 5.74) is 1.83. The van der Waals surface area contributed by atoms with E-state index in [1.54, 1.807) is 18.2 Å². The molecule has 0 saturated carbocycles. The topological polar surface area (TPSA) is 76.7 Å². The van der Waals surface area contributed by atoms with Gasteiger partial charge in [-0.2, -0.15) is 10.5 Å². The largest absolute Gasteiger partial charge is 0.324 e. The van der Waals surface area contributed by atoms with Gasteiger partial charge in [-0.3, -0.25) is 4.79 Å². The number of nitrogens with zero attached hydrogens (tertiary/aromatic N) is 2. The van der Waals surface area contributed by atoms with Crippen molar-refractivity contribution >= 4 is 11.6 Å². The Labute approximate surface area is 107 Å². The maximum Gasteiger partial charge on any atom is 0.238 e. The summed E-state index contributed by atoms with van der Waals surface area (Å²) >= 11 is 0. The molecule has 0 spiro atoms. The Morgan fingerprint density at radius 2 is 2.00 bits per heavy atom. The van der Waals surface area contributed by atoms with Crippen molar-refractivity contribution < 1.29 is 4.79 Å². The second kappa shape index (κ2) is 5.33. The number of carbonyl (C=O) groups is 1. The molecule has 0 radical (unpaired) electrons. The monoisotopic (exact) mass is 241 g/mol. The number of hydrogen-bond acceptors (Lipinski definition) is 3. The van der Waals surface area contributed by atoms with Crippen LogP contribution in [0.5, 0.6) is 0 Å². The summed E-state index contributed by atoms with van der Waals surface area (Å²) in [6.07, 6.45) is -0.216. The van der Waals surface area contributed by atoms with Gasteiger partial charge in [-0.15, -0.1) is 0 Å². The third kappa shape index (κ3) is 3.33. The van der Waals surface area contributed by atoms with E-state index < -0.39 is 5.91 Å². The number of amides is 1. The van der Waals surface area contributed by atoms with E-state index in [4.69, 9.17) is 10.5 Å². The molecular formula is C14H15N3O. The molecule has 0 unspecified atom stereocenters. The van der Waals surface area contributed by atoms with E-state index in [2.05, 4.69) is 32.2 Å². The van der Waals surface area contributed by atoms with Crippen LogP contribution in [0.2, 0.25) is 0 Å². The summed E-state index contributed by atoms with van der Waals surface area (Å²) < 4.78 is 0. The van der Waals surface area contributed by atoms with Gasteiger partial charge < -0.3 is 5.32 Å². The van der Waals surface area contributed by atoms with Gasteiger partial charge >= 0.3 is 0 Å². The number of hydrogen-bond donors (Lipinski definition) is 1. The molecule has 0 aliphatic rings. The molecule has 0 aromatic heterocycles. The highest BCUT2D eigenvalue weighted by atomic mass is 16.1. The maximum absolute atomic E-state index is 11.3. The first-order valence-corrected chi connectivity index (χ1v) is 5.60. The Balaban J connectivity index is 3.07. The van der Waals surface area contributed by atoms with Crippen molar-refractivity contribution in [3.63, 3.8) is 0 Å². The minimum Gasteiger partial charge on any atom is -0.324 e. The highest BCUT2D eigenvalue weighted by Crippen LogP contribution is 2.26. The molecule has 0 fully saturated rings. The SMILES string of the molecule is CC(C)(C)c1ccc(NC(=O)CC#N)c(C#N)c1. The summed E-state index contributed by atoms with van der Waals surface area (Å²) in [5.74, 6) is -0.405.